The fourth-order valence-electron chi connectivity index (χ4n) is 5.57. The van der Waals surface area contributed by atoms with Crippen molar-refractivity contribution >= 4 is 87.9 Å². The second-order valence-electron chi connectivity index (χ2n) is 12.2. The van der Waals surface area contributed by atoms with E-state index in [4.69, 9.17) is 15.2 Å². The topological polar surface area (TPSA) is 315 Å². The number of hydrogen-bond acceptors (Lipinski definition) is 17. The number of allylic oxidation sites excluding steroid dienone is 5. The second kappa shape index (κ2) is 16.2. The van der Waals surface area contributed by atoms with Gasteiger partial charge in [-0.1, -0.05) is 12.1 Å². The number of ketones is 2. The Morgan fingerprint density at radius 3 is 1.90 bits per heavy atom. The Labute approximate surface area is 335 Å². The van der Waals surface area contributed by atoms with E-state index in [1.165, 1.54) is 32.4 Å². The molecule has 304 valence electrons. The molecule has 7 N–H and O–H groups in total. The molecular formula is C36H29N7O13S3. The lowest BCUT2D eigenvalue weighted by molar-refractivity contribution is -0.110. The van der Waals surface area contributed by atoms with E-state index < -0.39 is 79.0 Å². The molecule has 2 aliphatic carbocycles. The van der Waals surface area contributed by atoms with E-state index in [0.717, 1.165) is 24.3 Å². The number of azo groups is 1. The van der Waals surface area contributed by atoms with Gasteiger partial charge in [-0.2, -0.15) is 35.5 Å². The van der Waals surface area contributed by atoms with Crippen LogP contribution in [0.1, 0.15) is 15.9 Å². The molecule has 0 heterocycles. The predicted octanol–water partition coefficient (Wildman–Crippen LogP) is 5.22. The molecule has 23 heteroatoms. The third-order valence-electron chi connectivity index (χ3n) is 8.41. The lowest BCUT2D eigenvalue weighted by Crippen LogP contribution is -2.28. The van der Waals surface area contributed by atoms with Gasteiger partial charge in [-0.05, 0) is 102 Å². The zero-order valence-corrected chi connectivity index (χ0v) is 32.7. The maximum absolute atomic E-state index is 13.8. The van der Waals surface area contributed by atoms with Gasteiger partial charge in [0.05, 0.1) is 47.5 Å². The summed E-state index contributed by atoms with van der Waals surface area (Å²) in [5, 5.41) is 16.1. The van der Waals surface area contributed by atoms with Crippen molar-refractivity contribution in [3.63, 3.8) is 0 Å². The van der Waals surface area contributed by atoms with Crippen LogP contribution >= 0.6 is 0 Å². The predicted molar refractivity (Wildman–Crippen MR) is 215 cm³/mol. The van der Waals surface area contributed by atoms with Gasteiger partial charge in [0.1, 0.15) is 32.7 Å². The number of nitrogen functional groups attached to an aromatic ring is 1. The first-order chi connectivity index (χ1) is 27.8. The van der Waals surface area contributed by atoms with E-state index in [-0.39, 0.29) is 22.9 Å². The van der Waals surface area contributed by atoms with Gasteiger partial charge >= 0.3 is 0 Å². The van der Waals surface area contributed by atoms with Crippen LogP contribution in [0.25, 0.3) is 17.2 Å². The number of nitrogens with one attached hydrogen (secondary N) is 2. The number of nitrogens with two attached hydrogens (primary N) is 1. The van der Waals surface area contributed by atoms with Crippen LogP contribution in [0.5, 0.6) is 11.5 Å². The molecule has 0 radical (unpaired) electrons. The highest BCUT2D eigenvalue weighted by Crippen LogP contribution is 2.42. The Morgan fingerprint density at radius 2 is 1.31 bits per heavy atom. The number of nitrogens with zero attached hydrogens (tertiary/aromatic N) is 4. The zero-order valence-electron chi connectivity index (χ0n) is 30.3. The maximum Gasteiger partial charge on any atom is 0.296 e. The largest absolute Gasteiger partial charge is 0.494 e. The summed E-state index contributed by atoms with van der Waals surface area (Å²) in [6.07, 6.45) is 6.56. The Kier molecular flexibility index (Phi) is 11.4. The minimum atomic E-state index is -5.23. The fourth-order valence-corrected chi connectivity index (χ4v) is 7.38. The molecule has 2 aliphatic rings. The molecule has 20 nitrogen and oxygen atoms in total. The van der Waals surface area contributed by atoms with Crippen LogP contribution in [0.15, 0.2) is 126 Å². The minimum absolute atomic E-state index is 0.00619. The lowest BCUT2D eigenvalue weighted by atomic mass is 9.92. The number of hydrazone groups is 2. The van der Waals surface area contributed by atoms with Gasteiger partial charge in [0, 0.05) is 0 Å². The van der Waals surface area contributed by atoms with Gasteiger partial charge in [0.2, 0.25) is 5.78 Å². The number of rotatable bonds is 12. The first-order valence-electron chi connectivity index (χ1n) is 16.4. The van der Waals surface area contributed by atoms with Gasteiger partial charge < -0.3 is 15.2 Å². The number of methoxy groups -OCH3 is 2. The third-order valence-corrected chi connectivity index (χ3v) is 11.0. The van der Waals surface area contributed by atoms with Crippen molar-refractivity contribution in [2.45, 2.75) is 9.79 Å². The van der Waals surface area contributed by atoms with Crippen molar-refractivity contribution in [3.05, 3.63) is 107 Å². The highest BCUT2D eigenvalue weighted by atomic mass is 32.2. The van der Waals surface area contributed by atoms with Crippen LogP contribution in [0.4, 0.5) is 28.4 Å². The van der Waals surface area contributed by atoms with Crippen LogP contribution in [0.3, 0.4) is 0 Å². The highest BCUT2D eigenvalue weighted by Gasteiger charge is 2.37. The first-order valence-corrected chi connectivity index (χ1v) is 20.7. The molecule has 0 spiro atoms. The van der Waals surface area contributed by atoms with E-state index >= 15 is 0 Å². The van der Waals surface area contributed by atoms with E-state index in [9.17, 15) is 48.5 Å². The smallest absolute Gasteiger partial charge is 0.296 e. The van der Waals surface area contributed by atoms with E-state index in [1.54, 1.807) is 42.5 Å². The summed E-state index contributed by atoms with van der Waals surface area (Å²) in [6.45, 7) is 0. The van der Waals surface area contributed by atoms with Gasteiger partial charge in [-0.25, -0.2) is 0 Å². The standard InChI is InChI=1S/C36H29N7O13S3/c1-55-28-15-19(3-13-26(28)40-38-22-5-9-24(44)10-6-22)20-4-14-27(29(16-20)56-2)41-42-34-30(58(49,50)51)17-21-18-31(59(52,53)54)35(36(45)32(21)33(34)37)43-39-23-7-11-25(12-8-23)57(46,47)48/h3-18,39-40H,37H2,1-2H3,(H,46,47,48)(H,49,50,51)(H,52,53,54)/b42-41?,43-35-. The molecule has 4 aromatic rings. The molecule has 0 fully saturated rings. The Bertz CT molecular complexity index is 2960. The van der Waals surface area contributed by atoms with Crippen molar-refractivity contribution < 1.29 is 58.0 Å². The quantitative estimate of drug-likeness (QED) is 0.0350. The number of anilines is 3. The molecule has 59 heavy (non-hydrogen) atoms. The molecule has 0 bridgehead atoms. The van der Waals surface area contributed by atoms with Crippen LogP contribution in [0, 0.1) is 0 Å². The van der Waals surface area contributed by atoms with Crippen LogP contribution in [-0.4, -0.2) is 76.1 Å². The average Bonchev–Trinajstić information content (AvgIpc) is 3.18. The van der Waals surface area contributed by atoms with Gasteiger partial charge in [-0.15, -0.1) is 10.2 Å². The second-order valence-corrected chi connectivity index (χ2v) is 16.4. The summed E-state index contributed by atoms with van der Waals surface area (Å²) >= 11 is 0. The lowest BCUT2D eigenvalue weighted by Gasteiger charge is -2.20. The summed E-state index contributed by atoms with van der Waals surface area (Å²) in [4.78, 5) is 22.7. The Hall–Kier alpha value is -6.89. The number of benzene rings is 4. The number of carbonyl (C=O) groups excluding carboxylic acids is 2. The number of Topliss-reactive ketones (excluding diaryl/α,β-unsaturated/α-hetero) is 1. The molecule has 0 saturated carbocycles. The summed E-state index contributed by atoms with van der Waals surface area (Å²) in [6, 6.07) is 14.8. The molecular weight excluding hydrogens is 835 g/mol. The normalized spacial score (nSPS) is 15.0. The monoisotopic (exact) mass is 863 g/mol. The minimum Gasteiger partial charge on any atom is -0.494 e. The van der Waals surface area contributed by atoms with Crippen LogP contribution < -0.4 is 26.1 Å². The summed E-state index contributed by atoms with van der Waals surface area (Å²) in [5.74, 6) is -0.840. The molecule has 0 atom stereocenters. The number of carbonyl (C=O) groups is 2. The fraction of sp³-hybridized carbons (Fsp3) is 0.0556. The molecule has 0 unspecified atom stereocenters. The van der Waals surface area contributed by atoms with Crippen molar-refractivity contribution in [2.75, 3.05) is 30.8 Å². The number of fused-ring (bicyclic) bond motifs is 1. The van der Waals surface area contributed by atoms with Crippen LogP contribution in [-0.2, 0) is 35.1 Å². The third kappa shape index (κ3) is 9.14. The summed E-state index contributed by atoms with van der Waals surface area (Å²) in [5.41, 5.74) is 10.6. The van der Waals surface area contributed by atoms with Crippen molar-refractivity contribution in [1.29, 1.82) is 0 Å². The van der Waals surface area contributed by atoms with Crippen LogP contribution in [0.2, 0.25) is 0 Å². The molecule has 0 saturated heterocycles. The van der Waals surface area contributed by atoms with E-state index in [1.807, 2.05) is 0 Å². The molecule has 0 amide bonds. The number of ether oxygens (including phenoxy) is 2. The highest BCUT2D eigenvalue weighted by molar-refractivity contribution is 7.91. The average molecular weight is 864 g/mol. The molecule has 6 rings (SSSR count). The molecule has 4 aromatic carbocycles. The van der Waals surface area contributed by atoms with Gasteiger partial charge in [0.25, 0.3) is 30.4 Å². The van der Waals surface area contributed by atoms with Crippen molar-refractivity contribution in [2.24, 2.45) is 20.4 Å². The number of hydrogen-bond donors (Lipinski definition) is 6. The molecule has 0 aliphatic heterocycles. The van der Waals surface area contributed by atoms with E-state index in [2.05, 4.69) is 31.3 Å². The van der Waals surface area contributed by atoms with E-state index in [0.29, 0.717) is 40.4 Å². The summed E-state index contributed by atoms with van der Waals surface area (Å²) < 4.78 is 113. The molecule has 0 aromatic heterocycles. The van der Waals surface area contributed by atoms with Crippen molar-refractivity contribution in [1.82, 2.24) is 0 Å². The Balaban J connectivity index is 1.35. The summed E-state index contributed by atoms with van der Waals surface area (Å²) in [7, 11) is -12.2. The Morgan fingerprint density at radius 1 is 0.678 bits per heavy atom. The SMILES string of the molecule is COc1cc(-c2ccc(NN=C3C=CC(=O)C=C3)c(OC)c2)ccc1N=Nc1c(S(=O)(=O)O)cc2c(c1N)C(=O)/C(=N\Nc1ccc(S(=O)(=O)O)cc1)C(S(=O)(=O)O)=C2. The van der Waals surface area contributed by atoms with Crippen molar-refractivity contribution in [3.8, 4) is 22.6 Å². The maximum atomic E-state index is 13.8. The first kappa shape index (κ1) is 41.7. The van der Waals surface area contributed by atoms with Gasteiger partial charge in [0.15, 0.2) is 11.5 Å². The zero-order chi connectivity index (χ0) is 42.9. The van der Waals surface area contributed by atoms with Gasteiger partial charge in [-0.3, -0.25) is 34.1 Å².